The van der Waals surface area contributed by atoms with Crippen molar-refractivity contribution in [3.63, 3.8) is 0 Å². The third-order valence-electron chi connectivity index (χ3n) is 5.23. The number of aromatic nitrogens is 5. The van der Waals surface area contributed by atoms with Crippen molar-refractivity contribution < 1.29 is 9.84 Å². The van der Waals surface area contributed by atoms with E-state index in [2.05, 4.69) is 10.2 Å². The molecule has 3 aromatic heterocycles. The van der Waals surface area contributed by atoms with Crippen LogP contribution in [0.15, 0.2) is 30.9 Å². The quantitative estimate of drug-likeness (QED) is 0.792. The highest BCUT2D eigenvalue weighted by atomic mass is 16.5. The second-order valence-electron chi connectivity index (χ2n) is 6.87. The van der Waals surface area contributed by atoms with Gasteiger partial charge in [0.2, 0.25) is 5.88 Å². The zero-order valence-corrected chi connectivity index (χ0v) is 13.4. The SMILES string of the molecule is Cn1cc(-c2cn3nccc3c(OC3C4CCC(O)CC43)n2)cn1. The molecule has 0 bridgehead atoms. The molecule has 3 aromatic rings. The fraction of sp³-hybridized carbons (Fsp3) is 0.471. The Balaban J connectivity index is 1.50. The van der Waals surface area contributed by atoms with E-state index in [0.717, 1.165) is 36.0 Å². The van der Waals surface area contributed by atoms with Gasteiger partial charge in [-0.3, -0.25) is 4.68 Å². The summed E-state index contributed by atoms with van der Waals surface area (Å²) in [5.41, 5.74) is 2.59. The smallest absolute Gasteiger partial charge is 0.240 e. The number of hydrogen-bond acceptors (Lipinski definition) is 5. The van der Waals surface area contributed by atoms with Gasteiger partial charge in [0.25, 0.3) is 0 Å². The molecule has 2 aliphatic rings. The second-order valence-corrected chi connectivity index (χ2v) is 6.87. The zero-order valence-electron chi connectivity index (χ0n) is 13.4. The molecular weight excluding hydrogens is 306 g/mol. The maximum atomic E-state index is 9.83. The average Bonchev–Trinajstić information content (AvgIpc) is 2.94. The maximum absolute atomic E-state index is 9.83. The molecule has 2 aliphatic carbocycles. The lowest BCUT2D eigenvalue weighted by Crippen LogP contribution is -2.12. The standard InChI is InChI=1S/C17H19N5O2/c1-21-8-10(7-19-21)14-9-22-15(4-5-18-22)17(20-14)24-16-12-3-2-11(23)6-13(12)16/h4-5,7-9,11-13,16,23H,2-3,6H2,1H3. The molecule has 7 nitrogen and oxygen atoms in total. The number of ether oxygens (including phenoxy) is 1. The predicted octanol–water partition coefficient (Wildman–Crippen LogP) is 1.67. The van der Waals surface area contributed by atoms with E-state index >= 15 is 0 Å². The van der Waals surface area contributed by atoms with Gasteiger partial charge in [-0.25, -0.2) is 9.50 Å². The zero-order chi connectivity index (χ0) is 16.3. The average molecular weight is 325 g/mol. The van der Waals surface area contributed by atoms with Crippen LogP contribution in [0.3, 0.4) is 0 Å². The van der Waals surface area contributed by atoms with E-state index in [-0.39, 0.29) is 12.2 Å². The molecule has 3 heterocycles. The molecule has 2 fully saturated rings. The van der Waals surface area contributed by atoms with Crippen LogP contribution < -0.4 is 4.74 Å². The molecule has 5 rings (SSSR count). The van der Waals surface area contributed by atoms with Crippen molar-refractivity contribution >= 4 is 5.52 Å². The first-order valence-corrected chi connectivity index (χ1v) is 8.37. The van der Waals surface area contributed by atoms with E-state index in [1.54, 1.807) is 21.6 Å². The number of aliphatic hydroxyl groups is 1. The van der Waals surface area contributed by atoms with Gasteiger partial charge in [0, 0.05) is 30.6 Å². The van der Waals surface area contributed by atoms with Crippen LogP contribution in [0.1, 0.15) is 19.3 Å². The van der Waals surface area contributed by atoms with Crippen LogP contribution in [0.25, 0.3) is 16.8 Å². The largest absolute Gasteiger partial charge is 0.472 e. The van der Waals surface area contributed by atoms with Crippen LogP contribution in [-0.4, -0.2) is 41.7 Å². The Morgan fingerprint density at radius 1 is 1.21 bits per heavy atom. The molecule has 4 atom stereocenters. The third-order valence-corrected chi connectivity index (χ3v) is 5.23. The Hall–Kier alpha value is -2.41. The van der Waals surface area contributed by atoms with Gasteiger partial charge in [0.1, 0.15) is 11.6 Å². The molecule has 0 aliphatic heterocycles. The second kappa shape index (κ2) is 5.04. The van der Waals surface area contributed by atoms with E-state index < -0.39 is 0 Å². The number of rotatable bonds is 3. The van der Waals surface area contributed by atoms with E-state index in [4.69, 9.17) is 9.72 Å². The highest BCUT2D eigenvalue weighted by molar-refractivity contribution is 5.63. The lowest BCUT2D eigenvalue weighted by atomic mass is 9.98. The lowest BCUT2D eigenvalue weighted by Gasteiger charge is -2.13. The maximum Gasteiger partial charge on any atom is 0.240 e. The van der Waals surface area contributed by atoms with E-state index in [1.807, 2.05) is 25.5 Å². The van der Waals surface area contributed by atoms with Crippen LogP contribution in [0, 0.1) is 11.8 Å². The molecule has 0 radical (unpaired) electrons. The molecular formula is C17H19N5O2. The summed E-state index contributed by atoms with van der Waals surface area (Å²) in [4.78, 5) is 4.71. The van der Waals surface area contributed by atoms with Crippen molar-refractivity contribution in [3.8, 4) is 17.1 Å². The van der Waals surface area contributed by atoms with Crippen LogP contribution in [0.4, 0.5) is 0 Å². The summed E-state index contributed by atoms with van der Waals surface area (Å²) in [6.45, 7) is 0. The van der Waals surface area contributed by atoms with E-state index in [1.165, 1.54) is 0 Å². The molecule has 24 heavy (non-hydrogen) atoms. The minimum Gasteiger partial charge on any atom is -0.472 e. The topological polar surface area (TPSA) is 77.5 Å². The number of fused-ring (bicyclic) bond motifs is 2. The predicted molar refractivity (Wildman–Crippen MR) is 86.4 cm³/mol. The summed E-state index contributed by atoms with van der Waals surface area (Å²) in [5.74, 6) is 1.63. The molecule has 1 N–H and O–H groups in total. The van der Waals surface area contributed by atoms with Gasteiger partial charge in [0.15, 0.2) is 0 Å². The van der Waals surface area contributed by atoms with Gasteiger partial charge in [-0.1, -0.05) is 0 Å². The number of aryl methyl sites for hydroxylation is 1. The highest BCUT2D eigenvalue weighted by Gasteiger charge is 2.55. The summed E-state index contributed by atoms with van der Waals surface area (Å²) in [5, 5.41) is 18.4. The molecule has 7 heteroatoms. The van der Waals surface area contributed by atoms with Crippen molar-refractivity contribution in [2.24, 2.45) is 18.9 Å². The number of nitrogens with zero attached hydrogens (tertiary/aromatic N) is 5. The number of aliphatic hydroxyl groups excluding tert-OH is 1. The molecule has 0 amide bonds. The van der Waals surface area contributed by atoms with Gasteiger partial charge >= 0.3 is 0 Å². The Bertz CT molecular complexity index is 901. The van der Waals surface area contributed by atoms with Gasteiger partial charge in [-0.05, 0) is 25.3 Å². The van der Waals surface area contributed by atoms with Crippen LogP contribution in [0.2, 0.25) is 0 Å². The highest BCUT2D eigenvalue weighted by Crippen LogP contribution is 2.52. The fourth-order valence-electron chi connectivity index (χ4n) is 3.89. The molecule has 4 unspecified atom stereocenters. The Morgan fingerprint density at radius 2 is 2.12 bits per heavy atom. The van der Waals surface area contributed by atoms with Crippen LogP contribution in [-0.2, 0) is 7.05 Å². The van der Waals surface area contributed by atoms with Gasteiger partial charge < -0.3 is 9.84 Å². The molecule has 0 aromatic carbocycles. The van der Waals surface area contributed by atoms with Crippen LogP contribution in [0.5, 0.6) is 5.88 Å². The first-order chi connectivity index (χ1) is 11.7. The first kappa shape index (κ1) is 14.0. The molecule has 2 saturated carbocycles. The Morgan fingerprint density at radius 3 is 2.92 bits per heavy atom. The summed E-state index contributed by atoms with van der Waals surface area (Å²) < 4.78 is 9.80. The normalized spacial score (nSPS) is 28.8. The van der Waals surface area contributed by atoms with Gasteiger partial charge in [0.05, 0.1) is 30.4 Å². The first-order valence-electron chi connectivity index (χ1n) is 8.37. The van der Waals surface area contributed by atoms with E-state index in [9.17, 15) is 5.11 Å². The number of hydrogen-bond donors (Lipinski definition) is 1. The summed E-state index contributed by atoms with van der Waals surface area (Å²) in [6.07, 6.45) is 10.1. The third kappa shape index (κ3) is 2.19. The van der Waals surface area contributed by atoms with Crippen molar-refractivity contribution in [1.82, 2.24) is 24.4 Å². The van der Waals surface area contributed by atoms with E-state index in [0.29, 0.717) is 17.7 Å². The van der Waals surface area contributed by atoms with Crippen molar-refractivity contribution in [3.05, 3.63) is 30.9 Å². The van der Waals surface area contributed by atoms with Crippen molar-refractivity contribution in [1.29, 1.82) is 0 Å². The monoisotopic (exact) mass is 325 g/mol. The minimum atomic E-state index is -0.176. The lowest BCUT2D eigenvalue weighted by molar-refractivity contribution is 0.124. The Kier molecular flexibility index (Phi) is 2.94. The summed E-state index contributed by atoms with van der Waals surface area (Å²) in [7, 11) is 1.88. The molecule has 0 spiro atoms. The van der Waals surface area contributed by atoms with Gasteiger partial charge in [-0.15, -0.1) is 0 Å². The molecule has 0 saturated heterocycles. The van der Waals surface area contributed by atoms with Crippen molar-refractivity contribution in [2.45, 2.75) is 31.5 Å². The fourth-order valence-corrected chi connectivity index (χ4v) is 3.89. The summed E-state index contributed by atoms with van der Waals surface area (Å²) >= 11 is 0. The van der Waals surface area contributed by atoms with Gasteiger partial charge in [-0.2, -0.15) is 10.2 Å². The minimum absolute atomic E-state index is 0.164. The van der Waals surface area contributed by atoms with Crippen molar-refractivity contribution in [2.75, 3.05) is 0 Å². The Labute approximate surface area is 138 Å². The van der Waals surface area contributed by atoms with Crippen LogP contribution >= 0.6 is 0 Å². The molecule has 124 valence electrons. The summed E-state index contributed by atoms with van der Waals surface area (Å²) in [6, 6.07) is 1.91.